The average molecular weight is 358 g/mol. The van der Waals surface area contributed by atoms with Crippen LogP contribution in [0.15, 0.2) is 30.4 Å². The lowest BCUT2D eigenvalue weighted by Gasteiger charge is -2.37. The van der Waals surface area contributed by atoms with Gasteiger partial charge in [-0.25, -0.2) is 9.69 Å². The first-order chi connectivity index (χ1) is 12.0. The summed E-state index contributed by atoms with van der Waals surface area (Å²) in [7, 11) is 1.27. The summed E-state index contributed by atoms with van der Waals surface area (Å²) in [6.07, 6.45) is 5.40. The minimum absolute atomic E-state index is 0.154. The van der Waals surface area contributed by atoms with E-state index < -0.39 is 5.97 Å². The molecule has 6 rings (SSSR count). The van der Waals surface area contributed by atoms with E-state index >= 15 is 0 Å². The molecule has 128 valence electrons. The molecule has 1 saturated heterocycles. The number of methoxy groups -OCH3 is 1. The molecule has 5 nitrogen and oxygen atoms in total. The summed E-state index contributed by atoms with van der Waals surface area (Å²) in [5, 5.41) is 0.232. The maximum atomic E-state index is 13.1. The second kappa shape index (κ2) is 4.94. The Kier molecular flexibility index (Phi) is 2.99. The van der Waals surface area contributed by atoms with Crippen LogP contribution in [-0.4, -0.2) is 24.9 Å². The first-order valence-electron chi connectivity index (χ1n) is 8.47. The van der Waals surface area contributed by atoms with Crippen molar-refractivity contribution in [1.29, 1.82) is 0 Å². The van der Waals surface area contributed by atoms with Crippen LogP contribution in [0.2, 0.25) is 5.02 Å². The number of anilines is 1. The number of hydrogen-bond acceptors (Lipinski definition) is 4. The number of carbonyl (C=O) groups excluding carboxylic acids is 3. The van der Waals surface area contributed by atoms with Gasteiger partial charge in [-0.2, -0.15) is 0 Å². The summed E-state index contributed by atoms with van der Waals surface area (Å²) in [6, 6.07) is 4.60. The van der Waals surface area contributed by atoms with Crippen molar-refractivity contribution in [3.05, 3.63) is 40.9 Å². The molecule has 4 aliphatic carbocycles. The number of imide groups is 1. The van der Waals surface area contributed by atoms with Crippen molar-refractivity contribution in [2.75, 3.05) is 12.0 Å². The molecule has 5 aliphatic rings. The van der Waals surface area contributed by atoms with Gasteiger partial charge < -0.3 is 4.74 Å². The highest BCUT2D eigenvalue weighted by Crippen LogP contribution is 2.65. The van der Waals surface area contributed by atoms with Crippen molar-refractivity contribution in [3.63, 3.8) is 0 Å². The largest absolute Gasteiger partial charge is 0.465 e. The highest BCUT2D eigenvalue weighted by atomic mass is 35.5. The molecule has 6 atom stereocenters. The fourth-order valence-corrected chi connectivity index (χ4v) is 5.32. The van der Waals surface area contributed by atoms with Crippen LogP contribution in [0.5, 0.6) is 0 Å². The summed E-state index contributed by atoms with van der Waals surface area (Å²) in [4.78, 5) is 39.2. The van der Waals surface area contributed by atoms with E-state index in [-0.39, 0.29) is 46.1 Å². The van der Waals surface area contributed by atoms with Gasteiger partial charge in [-0.05, 0) is 48.3 Å². The first kappa shape index (κ1) is 15.1. The Balaban J connectivity index is 1.55. The van der Waals surface area contributed by atoms with Crippen LogP contribution in [0.3, 0.4) is 0 Å². The second-order valence-corrected chi connectivity index (χ2v) is 7.73. The minimum atomic E-state index is -0.591. The molecule has 2 saturated carbocycles. The Morgan fingerprint density at radius 1 is 1.12 bits per heavy atom. The number of amides is 2. The molecule has 0 aromatic heterocycles. The molecule has 2 amide bonds. The number of halogens is 1. The van der Waals surface area contributed by atoms with Gasteiger partial charge >= 0.3 is 5.97 Å². The Morgan fingerprint density at radius 3 is 2.28 bits per heavy atom. The van der Waals surface area contributed by atoms with E-state index in [9.17, 15) is 14.4 Å². The standard InChI is InChI=1S/C19H16ClNO4/c1-25-19(24)13-6-8(2-5-14(13)20)21-17(22)15-9-3-4-10(12-7-11(9)12)16(15)18(21)23/h2-6,9-12,15-16H,7H2,1H3/t9-,10+,11-,12-,15-,16+/m1/s1. The van der Waals surface area contributed by atoms with Gasteiger partial charge in [-0.1, -0.05) is 23.8 Å². The number of benzene rings is 1. The average Bonchev–Trinajstić information content (AvgIpc) is 3.39. The lowest BCUT2D eigenvalue weighted by Crippen LogP contribution is -2.40. The molecule has 0 spiro atoms. The SMILES string of the molecule is COC(=O)c1cc(N2C(=O)[C@@H]3[C@@H]4C=C[C@@H]([C@H]5C[C@H]45)[C@@H]3C2=O)ccc1Cl. The van der Waals surface area contributed by atoms with E-state index in [0.717, 1.165) is 6.42 Å². The third-order valence-electron chi connectivity index (χ3n) is 6.28. The normalized spacial score (nSPS) is 37.1. The molecule has 3 fully saturated rings. The molecule has 1 aromatic rings. The smallest absolute Gasteiger partial charge is 0.339 e. The van der Waals surface area contributed by atoms with Crippen LogP contribution in [0.1, 0.15) is 16.8 Å². The molecule has 0 N–H and O–H groups in total. The van der Waals surface area contributed by atoms with E-state index in [0.29, 0.717) is 17.5 Å². The zero-order valence-corrected chi connectivity index (χ0v) is 14.3. The van der Waals surface area contributed by atoms with E-state index in [2.05, 4.69) is 12.2 Å². The number of nitrogens with zero attached hydrogens (tertiary/aromatic N) is 1. The van der Waals surface area contributed by atoms with Crippen LogP contribution < -0.4 is 4.90 Å². The zero-order valence-electron chi connectivity index (χ0n) is 13.5. The van der Waals surface area contributed by atoms with Gasteiger partial charge in [-0.3, -0.25) is 9.59 Å². The Labute approximate surface area is 149 Å². The molecular formula is C19H16ClNO4. The molecule has 25 heavy (non-hydrogen) atoms. The van der Waals surface area contributed by atoms with E-state index in [1.165, 1.54) is 24.1 Å². The predicted octanol–water partition coefficient (Wildman–Crippen LogP) is 2.68. The van der Waals surface area contributed by atoms with Crippen LogP contribution in [0.25, 0.3) is 0 Å². The van der Waals surface area contributed by atoms with Gasteiger partial charge in [-0.15, -0.1) is 0 Å². The Hall–Kier alpha value is -2.14. The van der Waals surface area contributed by atoms with Crippen LogP contribution in [0.4, 0.5) is 5.69 Å². The van der Waals surface area contributed by atoms with Gasteiger partial charge in [0.15, 0.2) is 0 Å². The van der Waals surface area contributed by atoms with E-state index in [1.807, 2.05) is 0 Å². The van der Waals surface area contributed by atoms with Gasteiger partial charge in [0.05, 0.1) is 35.2 Å². The number of esters is 1. The third kappa shape index (κ3) is 1.87. The molecule has 1 aromatic carbocycles. The maximum Gasteiger partial charge on any atom is 0.339 e. The van der Waals surface area contributed by atoms with Crippen molar-refractivity contribution in [1.82, 2.24) is 0 Å². The van der Waals surface area contributed by atoms with Crippen molar-refractivity contribution in [3.8, 4) is 0 Å². The predicted molar refractivity (Wildman–Crippen MR) is 90.0 cm³/mol. The van der Waals surface area contributed by atoms with Crippen molar-refractivity contribution in [2.24, 2.45) is 35.5 Å². The van der Waals surface area contributed by atoms with Crippen molar-refractivity contribution < 1.29 is 19.1 Å². The van der Waals surface area contributed by atoms with Crippen LogP contribution in [0, 0.1) is 35.5 Å². The highest BCUT2D eigenvalue weighted by molar-refractivity contribution is 6.34. The zero-order chi connectivity index (χ0) is 17.5. The lowest BCUT2D eigenvalue weighted by molar-refractivity contribution is -0.124. The molecular weight excluding hydrogens is 342 g/mol. The molecule has 6 heteroatoms. The topological polar surface area (TPSA) is 63.7 Å². The number of ether oxygens (including phenoxy) is 1. The molecule has 2 bridgehead atoms. The van der Waals surface area contributed by atoms with Crippen LogP contribution in [-0.2, 0) is 14.3 Å². The molecule has 1 aliphatic heterocycles. The number of allylic oxidation sites excluding steroid dienone is 2. The summed E-state index contributed by atoms with van der Waals surface area (Å²) >= 11 is 6.05. The minimum Gasteiger partial charge on any atom is -0.465 e. The lowest BCUT2D eigenvalue weighted by atomic mass is 9.63. The molecule has 1 heterocycles. The number of rotatable bonds is 2. The third-order valence-corrected chi connectivity index (χ3v) is 6.61. The Morgan fingerprint density at radius 2 is 1.72 bits per heavy atom. The van der Waals surface area contributed by atoms with Crippen molar-refractivity contribution in [2.45, 2.75) is 6.42 Å². The summed E-state index contributed by atoms with van der Waals surface area (Å²) in [6.45, 7) is 0. The van der Waals surface area contributed by atoms with Gasteiger partial charge in [0.25, 0.3) is 0 Å². The summed E-state index contributed by atoms with van der Waals surface area (Å²) < 4.78 is 4.73. The van der Waals surface area contributed by atoms with Crippen LogP contribution >= 0.6 is 11.6 Å². The monoisotopic (exact) mass is 357 g/mol. The number of carbonyl (C=O) groups is 3. The van der Waals surface area contributed by atoms with E-state index in [4.69, 9.17) is 16.3 Å². The maximum absolute atomic E-state index is 13.1. The first-order valence-corrected chi connectivity index (χ1v) is 8.84. The molecule has 0 unspecified atom stereocenters. The highest BCUT2D eigenvalue weighted by Gasteiger charge is 2.67. The van der Waals surface area contributed by atoms with Gasteiger partial charge in [0.1, 0.15) is 0 Å². The van der Waals surface area contributed by atoms with E-state index in [1.54, 1.807) is 6.07 Å². The quantitative estimate of drug-likeness (QED) is 0.464. The summed E-state index contributed by atoms with van der Waals surface area (Å²) in [5.74, 6) is 0.0456. The van der Waals surface area contributed by atoms with Gasteiger partial charge in [0.2, 0.25) is 11.8 Å². The molecule has 0 radical (unpaired) electrons. The summed E-state index contributed by atoms with van der Waals surface area (Å²) in [5.41, 5.74) is 0.545. The second-order valence-electron chi connectivity index (χ2n) is 7.32. The van der Waals surface area contributed by atoms with Gasteiger partial charge in [0, 0.05) is 0 Å². The fourth-order valence-electron chi connectivity index (χ4n) is 5.13. The fraction of sp³-hybridized carbons (Fsp3) is 0.421. The number of hydrogen-bond donors (Lipinski definition) is 0. The Bertz CT molecular complexity index is 827. The van der Waals surface area contributed by atoms with Crippen molar-refractivity contribution >= 4 is 35.1 Å².